The van der Waals surface area contributed by atoms with Gasteiger partial charge in [-0.2, -0.15) is 0 Å². The molecule has 4 rings (SSSR count). The smallest absolute Gasteiger partial charge is 0.335 e. The van der Waals surface area contributed by atoms with Crippen molar-refractivity contribution in [2.75, 3.05) is 4.90 Å². The van der Waals surface area contributed by atoms with Crippen molar-refractivity contribution >= 4 is 29.6 Å². The molecule has 0 radical (unpaired) electrons. The molecule has 4 amide bonds. The molecular formula is C26H21FN2O4. The molecule has 1 fully saturated rings. The molecule has 1 aliphatic heterocycles. The van der Waals surface area contributed by atoms with Gasteiger partial charge in [0, 0.05) is 5.56 Å². The molecule has 3 aromatic rings. The van der Waals surface area contributed by atoms with Crippen LogP contribution in [0.25, 0.3) is 6.08 Å². The molecule has 7 heteroatoms. The van der Waals surface area contributed by atoms with E-state index in [9.17, 15) is 18.8 Å². The van der Waals surface area contributed by atoms with Crippen molar-refractivity contribution in [1.29, 1.82) is 0 Å². The second-order valence-corrected chi connectivity index (χ2v) is 7.43. The number of benzene rings is 3. The van der Waals surface area contributed by atoms with Crippen molar-refractivity contribution in [3.63, 3.8) is 0 Å². The van der Waals surface area contributed by atoms with Crippen LogP contribution >= 0.6 is 0 Å². The van der Waals surface area contributed by atoms with Gasteiger partial charge in [0.25, 0.3) is 11.8 Å². The molecule has 33 heavy (non-hydrogen) atoms. The minimum Gasteiger partial charge on any atom is -0.489 e. The Morgan fingerprint density at radius 2 is 1.64 bits per heavy atom. The van der Waals surface area contributed by atoms with E-state index in [4.69, 9.17) is 4.74 Å². The number of amides is 4. The Balaban J connectivity index is 1.51. The van der Waals surface area contributed by atoms with Gasteiger partial charge in [-0.15, -0.1) is 0 Å². The summed E-state index contributed by atoms with van der Waals surface area (Å²) in [6.07, 6.45) is 2.24. The number of imide groups is 2. The molecule has 0 unspecified atom stereocenters. The summed E-state index contributed by atoms with van der Waals surface area (Å²) >= 11 is 0. The Labute approximate surface area is 190 Å². The number of halogens is 1. The number of carbonyl (C=O) groups is 3. The van der Waals surface area contributed by atoms with Gasteiger partial charge in [-0.1, -0.05) is 49.4 Å². The number of hydrogen-bond donors (Lipinski definition) is 1. The van der Waals surface area contributed by atoms with Crippen LogP contribution in [0.2, 0.25) is 0 Å². The molecule has 0 spiro atoms. The van der Waals surface area contributed by atoms with E-state index < -0.39 is 17.8 Å². The number of ether oxygens (including phenoxy) is 1. The van der Waals surface area contributed by atoms with Crippen molar-refractivity contribution < 1.29 is 23.5 Å². The van der Waals surface area contributed by atoms with E-state index in [1.165, 1.54) is 12.1 Å². The Bertz CT molecular complexity index is 1230. The van der Waals surface area contributed by atoms with Gasteiger partial charge in [0.15, 0.2) is 0 Å². The highest BCUT2D eigenvalue weighted by Gasteiger charge is 2.36. The Morgan fingerprint density at radius 3 is 2.30 bits per heavy atom. The van der Waals surface area contributed by atoms with Crippen LogP contribution in [0.3, 0.4) is 0 Å². The van der Waals surface area contributed by atoms with E-state index in [-0.39, 0.29) is 18.0 Å². The zero-order valence-corrected chi connectivity index (χ0v) is 17.9. The lowest BCUT2D eigenvalue weighted by Crippen LogP contribution is -2.54. The van der Waals surface area contributed by atoms with E-state index in [1.807, 2.05) is 19.1 Å². The molecule has 1 N–H and O–H groups in total. The van der Waals surface area contributed by atoms with Crippen LogP contribution in [0.4, 0.5) is 14.9 Å². The molecule has 0 saturated carbocycles. The van der Waals surface area contributed by atoms with Gasteiger partial charge in [-0.05, 0) is 54.0 Å². The fourth-order valence-corrected chi connectivity index (χ4v) is 3.38. The highest BCUT2D eigenvalue weighted by atomic mass is 19.1. The maximum absolute atomic E-state index is 13.7. The number of carbonyl (C=O) groups excluding carboxylic acids is 3. The van der Waals surface area contributed by atoms with Crippen molar-refractivity contribution in [2.24, 2.45) is 0 Å². The minimum absolute atomic E-state index is 0.0713. The molecular weight excluding hydrogens is 423 g/mol. The summed E-state index contributed by atoms with van der Waals surface area (Å²) in [6.45, 7) is 2.07. The summed E-state index contributed by atoms with van der Waals surface area (Å²) in [5.41, 5.74) is 2.29. The van der Waals surface area contributed by atoms with Gasteiger partial charge in [0.2, 0.25) is 0 Å². The van der Waals surface area contributed by atoms with Gasteiger partial charge in [0.1, 0.15) is 23.7 Å². The molecule has 166 valence electrons. The normalized spacial score (nSPS) is 15.0. The van der Waals surface area contributed by atoms with Gasteiger partial charge in [-0.3, -0.25) is 14.9 Å². The molecule has 6 nitrogen and oxygen atoms in total. The first kappa shape index (κ1) is 22.0. The third-order valence-electron chi connectivity index (χ3n) is 5.25. The van der Waals surface area contributed by atoms with E-state index in [1.54, 1.807) is 54.6 Å². The number of nitrogens with zero attached hydrogens (tertiary/aromatic N) is 1. The first-order chi connectivity index (χ1) is 16.0. The van der Waals surface area contributed by atoms with Crippen molar-refractivity contribution in [3.05, 3.63) is 101 Å². The molecule has 1 saturated heterocycles. The van der Waals surface area contributed by atoms with Crippen LogP contribution in [-0.2, 0) is 22.6 Å². The molecule has 0 aromatic heterocycles. The maximum Gasteiger partial charge on any atom is 0.335 e. The summed E-state index contributed by atoms with van der Waals surface area (Å²) in [5, 5.41) is 2.21. The Morgan fingerprint density at radius 1 is 0.939 bits per heavy atom. The summed E-state index contributed by atoms with van der Waals surface area (Å²) in [6, 6.07) is 19.2. The van der Waals surface area contributed by atoms with Gasteiger partial charge in [-0.25, -0.2) is 14.1 Å². The Hall–Kier alpha value is -4.26. The fraction of sp³-hybridized carbons (Fsp3) is 0.115. The van der Waals surface area contributed by atoms with Crippen LogP contribution in [0.1, 0.15) is 23.6 Å². The number of rotatable bonds is 6. The highest BCUT2D eigenvalue weighted by Crippen LogP contribution is 2.23. The van der Waals surface area contributed by atoms with E-state index >= 15 is 0 Å². The summed E-state index contributed by atoms with van der Waals surface area (Å²) in [5.74, 6) is -1.30. The predicted octanol–water partition coefficient (Wildman–Crippen LogP) is 4.63. The summed E-state index contributed by atoms with van der Waals surface area (Å²) in [7, 11) is 0. The summed E-state index contributed by atoms with van der Waals surface area (Å²) < 4.78 is 19.3. The molecule has 0 bridgehead atoms. The zero-order valence-electron chi connectivity index (χ0n) is 17.9. The SMILES string of the molecule is CCc1ccc(N2C(=O)NC(=O)C(=Cc3ccc(OCc4ccccc4F)cc3)C2=O)cc1. The third kappa shape index (κ3) is 4.82. The number of barbiturate groups is 1. The van der Waals surface area contributed by atoms with E-state index in [0.717, 1.165) is 16.9 Å². The largest absolute Gasteiger partial charge is 0.489 e. The monoisotopic (exact) mass is 444 g/mol. The number of urea groups is 1. The molecule has 1 heterocycles. The number of hydrogen-bond acceptors (Lipinski definition) is 4. The van der Waals surface area contributed by atoms with Crippen LogP contribution in [0, 0.1) is 5.82 Å². The quantitative estimate of drug-likeness (QED) is 0.444. The van der Waals surface area contributed by atoms with Crippen LogP contribution in [0.15, 0.2) is 78.4 Å². The highest BCUT2D eigenvalue weighted by molar-refractivity contribution is 6.39. The van der Waals surface area contributed by atoms with E-state index in [2.05, 4.69) is 5.32 Å². The van der Waals surface area contributed by atoms with Crippen molar-refractivity contribution in [3.8, 4) is 5.75 Å². The molecule has 1 aliphatic rings. The lowest BCUT2D eigenvalue weighted by atomic mass is 10.1. The van der Waals surface area contributed by atoms with Crippen LogP contribution in [-0.4, -0.2) is 17.8 Å². The summed E-state index contributed by atoms with van der Waals surface area (Å²) in [4.78, 5) is 38.6. The average Bonchev–Trinajstić information content (AvgIpc) is 2.82. The zero-order chi connectivity index (χ0) is 23.4. The second kappa shape index (κ2) is 9.48. The molecule has 0 aliphatic carbocycles. The minimum atomic E-state index is -0.789. The number of nitrogens with one attached hydrogen (secondary N) is 1. The third-order valence-corrected chi connectivity index (χ3v) is 5.25. The number of anilines is 1. The van der Waals surface area contributed by atoms with E-state index in [0.29, 0.717) is 22.6 Å². The molecule has 3 aromatic carbocycles. The first-order valence-electron chi connectivity index (χ1n) is 10.4. The van der Waals surface area contributed by atoms with Crippen LogP contribution in [0.5, 0.6) is 5.75 Å². The van der Waals surface area contributed by atoms with Gasteiger partial charge < -0.3 is 4.74 Å². The first-order valence-corrected chi connectivity index (χ1v) is 10.4. The topological polar surface area (TPSA) is 75.7 Å². The van der Waals surface area contributed by atoms with Crippen molar-refractivity contribution in [1.82, 2.24) is 5.32 Å². The predicted molar refractivity (Wildman–Crippen MR) is 122 cm³/mol. The molecule has 0 atom stereocenters. The Kier molecular flexibility index (Phi) is 6.31. The van der Waals surface area contributed by atoms with Crippen LogP contribution < -0.4 is 15.0 Å². The number of aryl methyl sites for hydroxylation is 1. The van der Waals surface area contributed by atoms with Gasteiger partial charge in [0.05, 0.1) is 5.69 Å². The van der Waals surface area contributed by atoms with Gasteiger partial charge >= 0.3 is 6.03 Å². The van der Waals surface area contributed by atoms with Crippen molar-refractivity contribution in [2.45, 2.75) is 20.0 Å². The maximum atomic E-state index is 13.7. The standard InChI is InChI=1S/C26H21FN2O4/c1-2-17-7-11-20(12-8-17)29-25(31)22(24(30)28-26(29)32)15-18-9-13-21(14-10-18)33-16-19-5-3-4-6-23(19)27/h3-15H,2,16H2,1H3,(H,28,30,32). The second-order valence-electron chi connectivity index (χ2n) is 7.43. The average molecular weight is 444 g/mol. The lowest BCUT2D eigenvalue weighted by Gasteiger charge is -2.26. The fourth-order valence-electron chi connectivity index (χ4n) is 3.38. The lowest BCUT2D eigenvalue weighted by molar-refractivity contribution is -0.122.